The van der Waals surface area contributed by atoms with Crippen molar-refractivity contribution in [3.05, 3.63) is 48.0 Å². The molecular weight excluding hydrogens is 306 g/mol. The van der Waals surface area contributed by atoms with Crippen molar-refractivity contribution >= 4 is 11.6 Å². The quantitative estimate of drug-likeness (QED) is 0.839. The zero-order valence-corrected chi connectivity index (χ0v) is 14.5. The third kappa shape index (κ3) is 4.41. The molecule has 128 valence electrons. The van der Waals surface area contributed by atoms with Crippen LogP contribution in [0.2, 0.25) is 0 Å². The van der Waals surface area contributed by atoms with E-state index in [0.717, 1.165) is 5.56 Å². The normalized spacial score (nSPS) is 11.5. The topological polar surface area (TPSA) is 56.8 Å². The zero-order chi connectivity index (χ0) is 17.5. The fraction of sp³-hybridized carbons (Fsp3) is 0.316. The number of carbonyl (C=O) groups is 1. The summed E-state index contributed by atoms with van der Waals surface area (Å²) in [7, 11) is 3.12. The molecule has 0 saturated heterocycles. The lowest BCUT2D eigenvalue weighted by molar-refractivity contribution is -0.122. The molecule has 2 rings (SSSR count). The molecule has 0 saturated carbocycles. The highest BCUT2D eigenvalue weighted by Crippen LogP contribution is 2.29. The number of ether oxygens (including phenoxy) is 3. The molecule has 1 amide bonds. The molecule has 1 atom stereocenters. The minimum atomic E-state index is -0.569. The van der Waals surface area contributed by atoms with E-state index in [1.54, 1.807) is 32.4 Å². The number of nitrogens with one attached hydrogen (secondary N) is 1. The number of benzene rings is 2. The Kier molecular flexibility index (Phi) is 6.07. The third-order valence-corrected chi connectivity index (χ3v) is 3.61. The Hall–Kier alpha value is -2.69. The van der Waals surface area contributed by atoms with Gasteiger partial charge in [-0.1, -0.05) is 24.6 Å². The van der Waals surface area contributed by atoms with Crippen LogP contribution in [0.4, 0.5) is 5.69 Å². The van der Waals surface area contributed by atoms with Gasteiger partial charge in [0.1, 0.15) is 5.75 Å². The van der Waals surface area contributed by atoms with Crippen molar-refractivity contribution in [1.29, 1.82) is 0 Å². The maximum atomic E-state index is 12.5. The molecule has 0 aliphatic rings. The van der Waals surface area contributed by atoms with Gasteiger partial charge in [-0.05, 0) is 37.6 Å². The number of amides is 1. The zero-order valence-electron chi connectivity index (χ0n) is 14.5. The minimum absolute atomic E-state index is 0.203. The first-order valence-electron chi connectivity index (χ1n) is 7.83. The molecule has 0 radical (unpaired) electrons. The molecular formula is C19H23NO4. The van der Waals surface area contributed by atoms with E-state index in [1.165, 1.54) is 0 Å². The maximum Gasteiger partial charge on any atom is 0.265 e. The van der Waals surface area contributed by atoms with E-state index in [9.17, 15) is 4.79 Å². The SMILES string of the molecule is CC[C@@H](Oc1ccc(C)cc1)C(=O)Nc1ccc(OC)c(OC)c1. The van der Waals surface area contributed by atoms with Crippen molar-refractivity contribution in [2.45, 2.75) is 26.4 Å². The van der Waals surface area contributed by atoms with Gasteiger partial charge in [-0.15, -0.1) is 0 Å². The van der Waals surface area contributed by atoms with Crippen LogP contribution in [0, 0.1) is 6.92 Å². The second-order valence-electron chi connectivity index (χ2n) is 5.39. The lowest BCUT2D eigenvalue weighted by Gasteiger charge is -2.18. The molecule has 0 heterocycles. The van der Waals surface area contributed by atoms with Gasteiger partial charge in [-0.25, -0.2) is 0 Å². The molecule has 0 aromatic heterocycles. The van der Waals surface area contributed by atoms with E-state index in [4.69, 9.17) is 14.2 Å². The van der Waals surface area contributed by atoms with Crippen molar-refractivity contribution in [1.82, 2.24) is 0 Å². The molecule has 24 heavy (non-hydrogen) atoms. The van der Waals surface area contributed by atoms with Gasteiger partial charge in [0, 0.05) is 11.8 Å². The summed E-state index contributed by atoms with van der Waals surface area (Å²) in [5, 5.41) is 2.85. The van der Waals surface area contributed by atoms with Crippen LogP contribution in [-0.4, -0.2) is 26.2 Å². The van der Waals surface area contributed by atoms with Crippen LogP contribution >= 0.6 is 0 Å². The van der Waals surface area contributed by atoms with E-state index in [0.29, 0.717) is 29.4 Å². The number of rotatable bonds is 7. The first-order valence-corrected chi connectivity index (χ1v) is 7.83. The first kappa shape index (κ1) is 17.7. The van der Waals surface area contributed by atoms with E-state index < -0.39 is 6.10 Å². The van der Waals surface area contributed by atoms with Gasteiger partial charge in [0.15, 0.2) is 17.6 Å². The van der Waals surface area contributed by atoms with Gasteiger partial charge in [0.25, 0.3) is 5.91 Å². The number of methoxy groups -OCH3 is 2. The summed E-state index contributed by atoms with van der Waals surface area (Å²) in [4.78, 5) is 12.5. The molecule has 2 aromatic carbocycles. The smallest absolute Gasteiger partial charge is 0.265 e. The molecule has 0 aliphatic carbocycles. The van der Waals surface area contributed by atoms with Crippen LogP contribution in [0.5, 0.6) is 17.2 Å². The summed E-state index contributed by atoms with van der Waals surface area (Å²) in [5.41, 5.74) is 1.77. The Morgan fingerprint density at radius 3 is 2.29 bits per heavy atom. The highest BCUT2D eigenvalue weighted by molar-refractivity contribution is 5.94. The summed E-state index contributed by atoms with van der Waals surface area (Å²) in [6, 6.07) is 12.9. The monoisotopic (exact) mass is 329 g/mol. The van der Waals surface area contributed by atoms with Gasteiger partial charge in [-0.3, -0.25) is 4.79 Å². The van der Waals surface area contributed by atoms with Crippen molar-refractivity contribution in [3.63, 3.8) is 0 Å². The summed E-state index contributed by atoms with van der Waals surface area (Å²) in [6.07, 6.45) is -0.00620. The van der Waals surface area contributed by atoms with Crippen molar-refractivity contribution < 1.29 is 19.0 Å². The van der Waals surface area contributed by atoms with E-state index in [1.807, 2.05) is 38.1 Å². The Balaban J connectivity index is 2.07. The number of carbonyl (C=O) groups excluding carboxylic acids is 1. The summed E-state index contributed by atoms with van der Waals surface area (Å²) >= 11 is 0. The number of hydrogen-bond acceptors (Lipinski definition) is 4. The number of hydrogen-bond donors (Lipinski definition) is 1. The predicted molar refractivity (Wildman–Crippen MR) is 94.1 cm³/mol. The maximum absolute atomic E-state index is 12.5. The lowest BCUT2D eigenvalue weighted by Crippen LogP contribution is -2.32. The Labute approximate surface area is 142 Å². The average Bonchev–Trinajstić information content (AvgIpc) is 2.60. The summed E-state index contributed by atoms with van der Waals surface area (Å²) in [6.45, 7) is 3.91. The van der Waals surface area contributed by atoms with Crippen LogP contribution in [0.15, 0.2) is 42.5 Å². The van der Waals surface area contributed by atoms with E-state index >= 15 is 0 Å². The van der Waals surface area contributed by atoms with Gasteiger partial charge in [-0.2, -0.15) is 0 Å². The van der Waals surface area contributed by atoms with Crippen LogP contribution in [0.25, 0.3) is 0 Å². The molecule has 0 bridgehead atoms. The summed E-state index contributed by atoms with van der Waals surface area (Å²) < 4.78 is 16.2. The fourth-order valence-corrected chi connectivity index (χ4v) is 2.24. The molecule has 0 unspecified atom stereocenters. The largest absolute Gasteiger partial charge is 0.493 e. The minimum Gasteiger partial charge on any atom is -0.493 e. The fourth-order valence-electron chi connectivity index (χ4n) is 2.24. The highest BCUT2D eigenvalue weighted by atomic mass is 16.5. The third-order valence-electron chi connectivity index (χ3n) is 3.61. The van der Waals surface area contributed by atoms with Crippen molar-refractivity contribution in [3.8, 4) is 17.2 Å². The van der Waals surface area contributed by atoms with Gasteiger partial charge < -0.3 is 19.5 Å². The second-order valence-corrected chi connectivity index (χ2v) is 5.39. The van der Waals surface area contributed by atoms with E-state index in [2.05, 4.69) is 5.32 Å². The molecule has 5 heteroatoms. The van der Waals surface area contributed by atoms with Gasteiger partial charge in [0.2, 0.25) is 0 Å². The molecule has 5 nitrogen and oxygen atoms in total. The Bertz CT molecular complexity index is 682. The Morgan fingerprint density at radius 2 is 1.71 bits per heavy atom. The van der Waals surface area contributed by atoms with Crippen LogP contribution in [0.1, 0.15) is 18.9 Å². The van der Waals surface area contributed by atoms with Gasteiger partial charge in [0.05, 0.1) is 14.2 Å². The highest BCUT2D eigenvalue weighted by Gasteiger charge is 2.19. The van der Waals surface area contributed by atoms with Crippen LogP contribution in [-0.2, 0) is 4.79 Å². The van der Waals surface area contributed by atoms with Crippen molar-refractivity contribution in [2.75, 3.05) is 19.5 Å². The lowest BCUT2D eigenvalue weighted by atomic mass is 10.2. The van der Waals surface area contributed by atoms with Crippen molar-refractivity contribution in [2.24, 2.45) is 0 Å². The molecule has 0 fully saturated rings. The first-order chi connectivity index (χ1) is 11.6. The van der Waals surface area contributed by atoms with Crippen LogP contribution in [0.3, 0.4) is 0 Å². The Morgan fingerprint density at radius 1 is 1.04 bits per heavy atom. The average molecular weight is 329 g/mol. The standard InChI is InChI=1S/C19H23NO4/c1-5-16(24-15-9-6-13(2)7-10-15)19(21)20-14-8-11-17(22-3)18(12-14)23-4/h6-12,16H,5H2,1-4H3,(H,20,21)/t16-/m1/s1. The molecule has 0 spiro atoms. The molecule has 1 N–H and O–H groups in total. The second kappa shape index (κ2) is 8.24. The van der Waals surface area contributed by atoms with E-state index in [-0.39, 0.29) is 5.91 Å². The molecule has 0 aliphatic heterocycles. The number of aryl methyl sites for hydroxylation is 1. The van der Waals surface area contributed by atoms with Gasteiger partial charge >= 0.3 is 0 Å². The molecule has 2 aromatic rings. The predicted octanol–water partition coefficient (Wildman–Crippen LogP) is 3.81. The number of anilines is 1. The summed E-state index contributed by atoms with van der Waals surface area (Å²) in [5.74, 6) is 1.64. The van der Waals surface area contributed by atoms with Crippen LogP contribution < -0.4 is 19.5 Å².